The normalized spacial score (nSPS) is 18.2. The minimum absolute atomic E-state index is 0.0943. The first-order chi connectivity index (χ1) is 17.9. The third kappa shape index (κ3) is 5.42. The minimum atomic E-state index is -0.841. The number of fused-ring (bicyclic) bond motifs is 2. The molecule has 1 unspecified atom stereocenters. The SMILES string of the molecule is COc1ccc2c(C)cc(=O)n(CCN3CCN(CCc4ccc5c(c4)OCCO5)CC3C(=O)O)c2c1. The zero-order valence-corrected chi connectivity index (χ0v) is 21.3. The minimum Gasteiger partial charge on any atom is -0.497 e. The molecule has 2 aliphatic heterocycles. The van der Waals surface area contributed by atoms with Crippen LogP contribution in [0.15, 0.2) is 47.3 Å². The number of carboxylic acids is 1. The van der Waals surface area contributed by atoms with Crippen LogP contribution in [0.2, 0.25) is 0 Å². The van der Waals surface area contributed by atoms with Gasteiger partial charge in [0, 0.05) is 56.8 Å². The maximum atomic E-state index is 12.9. The zero-order valence-electron chi connectivity index (χ0n) is 21.3. The summed E-state index contributed by atoms with van der Waals surface area (Å²) in [4.78, 5) is 29.2. The van der Waals surface area contributed by atoms with Gasteiger partial charge >= 0.3 is 5.97 Å². The van der Waals surface area contributed by atoms with Crippen LogP contribution < -0.4 is 19.8 Å². The van der Waals surface area contributed by atoms with Crippen molar-refractivity contribution in [3.05, 3.63) is 63.9 Å². The molecule has 0 saturated carbocycles. The van der Waals surface area contributed by atoms with E-state index in [-0.39, 0.29) is 5.56 Å². The molecule has 9 nitrogen and oxygen atoms in total. The van der Waals surface area contributed by atoms with Crippen LogP contribution in [0.3, 0.4) is 0 Å². The Kier molecular flexibility index (Phi) is 7.34. The van der Waals surface area contributed by atoms with E-state index in [2.05, 4.69) is 4.90 Å². The van der Waals surface area contributed by atoms with Crippen LogP contribution in [-0.4, -0.2) is 84.5 Å². The maximum Gasteiger partial charge on any atom is 0.322 e. The molecule has 0 spiro atoms. The van der Waals surface area contributed by atoms with Gasteiger partial charge in [-0.05, 0) is 48.7 Å². The molecule has 2 aliphatic rings. The Labute approximate surface area is 215 Å². The number of pyridine rings is 1. The molecule has 5 rings (SSSR count). The van der Waals surface area contributed by atoms with Crippen molar-refractivity contribution in [3.8, 4) is 17.2 Å². The molecule has 1 atom stereocenters. The molecule has 0 radical (unpaired) electrons. The average Bonchev–Trinajstić information content (AvgIpc) is 2.91. The molecular weight excluding hydrogens is 474 g/mol. The Morgan fingerprint density at radius 1 is 1.03 bits per heavy atom. The predicted molar refractivity (Wildman–Crippen MR) is 140 cm³/mol. The second-order valence-electron chi connectivity index (χ2n) is 9.62. The topological polar surface area (TPSA) is 93.5 Å². The molecule has 3 heterocycles. The number of aryl methyl sites for hydroxylation is 1. The zero-order chi connectivity index (χ0) is 25.9. The summed E-state index contributed by atoms with van der Waals surface area (Å²) in [5.74, 6) is 1.38. The first kappa shape index (κ1) is 25.1. The lowest BCUT2D eigenvalue weighted by Gasteiger charge is -2.39. The van der Waals surface area contributed by atoms with E-state index in [0.717, 1.165) is 53.0 Å². The van der Waals surface area contributed by atoms with Gasteiger partial charge < -0.3 is 23.9 Å². The van der Waals surface area contributed by atoms with E-state index in [1.54, 1.807) is 17.7 Å². The lowest BCUT2D eigenvalue weighted by molar-refractivity contribution is -0.146. The van der Waals surface area contributed by atoms with Crippen LogP contribution in [-0.2, 0) is 17.8 Å². The van der Waals surface area contributed by atoms with E-state index in [1.807, 2.05) is 48.2 Å². The van der Waals surface area contributed by atoms with E-state index in [0.29, 0.717) is 45.1 Å². The Balaban J connectivity index is 1.24. The number of carbonyl (C=O) groups is 1. The van der Waals surface area contributed by atoms with E-state index < -0.39 is 12.0 Å². The third-order valence-corrected chi connectivity index (χ3v) is 7.32. The first-order valence-electron chi connectivity index (χ1n) is 12.7. The molecule has 2 aromatic carbocycles. The average molecular weight is 508 g/mol. The van der Waals surface area contributed by atoms with Crippen molar-refractivity contribution < 1.29 is 24.1 Å². The molecule has 37 heavy (non-hydrogen) atoms. The van der Waals surface area contributed by atoms with Crippen LogP contribution in [0, 0.1) is 6.92 Å². The van der Waals surface area contributed by atoms with Crippen LogP contribution in [0.5, 0.6) is 17.2 Å². The fourth-order valence-electron chi connectivity index (χ4n) is 5.23. The monoisotopic (exact) mass is 507 g/mol. The smallest absolute Gasteiger partial charge is 0.322 e. The quantitative estimate of drug-likeness (QED) is 0.497. The van der Waals surface area contributed by atoms with Crippen LogP contribution in [0.1, 0.15) is 11.1 Å². The summed E-state index contributed by atoms with van der Waals surface area (Å²) in [6, 6.07) is 12.7. The number of methoxy groups -OCH3 is 1. The van der Waals surface area contributed by atoms with Gasteiger partial charge in [0.1, 0.15) is 25.0 Å². The van der Waals surface area contributed by atoms with Crippen molar-refractivity contribution >= 4 is 16.9 Å². The summed E-state index contributed by atoms with van der Waals surface area (Å²) in [6.45, 7) is 6.52. The van der Waals surface area contributed by atoms with Gasteiger partial charge in [-0.15, -0.1) is 0 Å². The molecule has 1 saturated heterocycles. The number of ether oxygens (including phenoxy) is 3. The Hall–Kier alpha value is -3.56. The molecule has 3 aromatic rings. The highest BCUT2D eigenvalue weighted by Gasteiger charge is 2.32. The van der Waals surface area contributed by atoms with Crippen molar-refractivity contribution in [1.29, 1.82) is 0 Å². The fraction of sp³-hybridized carbons (Fsp3) is 0.429. The van der Waals surface area contributed by atoms with Gasteiger partial charge in [0.05, 0.1) is 12.6 Å². The van der Waals surface area contributed by atoms with Gasteiger partial charge in [-0.3, -0.25) is 19.4 Å². The van der Waals surface area contributed by atoms with Gasteiger partial charge in [0.2, 0.25) is 0 Å². The van der Waals surface area contributed by atoms with Gasteiger partial charge in [-0.1, -0.05) is 6.07 Å². The highest BCUT2D eigenvalue weighted by atomic mass is 16.6. The summed E-state index contributed by atoms with van der Waals surface area (Å²) in [5.41, 5.74) is 2.76. The second kappa shape index (κ2) is 10.8. The summed E-state index contributed by atoms with van der Waals surface area (Å²) >= 11 is 0. The molecule has 1 fully saturated rings. The van der Waals surface area contributed by atoms with E-state index in [9.17, 15) is 14.7 Å². The molecule has 9 heteroatoms. The lowest BCUT2D eigenvalue weighted by Crippen LogP contribution is -2.57. The highest BCUT2D eigenvalue weighted by Crippen LogP contribution is 2.31. The van der Waals surface area contributed by atoms with Gasteiger partial charge in [-0.25, -0.2) is 0 Å². The largest absolute Gasteiger partial charge is 0.497 e. The highest BCUT2D eigenvalue weighted by molar-refractivity contribution is 5.83. The summed E-state index contributed by atoms with van der Waals surface area (Å²) in [5, 5.41) is 11.0. The standard InChI is InChI=1S/C28H33N3O6/c1-19-15-27(32)31(23-17-21(35-2)4-5-22(19)23)12-11-30-10-9-29(18-24(30)28(33)34)8-7-20-3-6-25-26(16-20)37-14-13-36-25/h3-6,15-17,24H,7-14,18H2,1-2H3,(H,33,34). The van der Waals surface area contributed by atoms with E-state index in [4.69, 9.17) is 14.2 Å². The van der Waals surface area contributed by atoms with Gasteiger partial charge in [0.15, 0.2) is 11.5 Å². The van der Waals surface area contributed by atoms with Crippen LogP contribution in [0.25, 0.3) is 10.9 Å². The van der Waals surface area contributed by atoms with Crippen molar-refractivity contribution in [1.82, 2.24) is 14.4 Å². The summed E-state index contributed by atoms with van der Waals surface area (Å²) < 4.78 is 18.4. The van der Waals surface area contributed by atoms with Crippen LogP contribution in [0.4, 0.5) is 0 Å². The fourth-order valence-corrected chi connectivity index (χ4v) is 5.23. The molecule has 1 N–H and O–H groups in total. The number of hydrogen-bond acceptors (Lipinski definition) is 7. The molecule has 1 aromatic heterocycles. The number of benzene rings is 2. The van der Waals surface area contributed by atoms with Crippen molar-refractivity contribution in [2.45, 2.75) is 25.9 Å². The number of aliphatic carboxylic acids is 1. The first-order valence-corrected chi connectivity index (χ1v) is 12.7. The molecule has 0 amide bonds. The number of nitrogens with zero attached hydrogens (tertiary/aromatic N) is 3. The number of carboxylic acid groups (broad SMARTS) is 1. The molecule has 0 bridgehead atoms. The molecular formula is C28H33N3O6. The number of piperazine rings is 1. The van der Waals surface area contributed by atoms with Gasteiger partial charge in [0.25, 0.3) is 5.56 Å². The van der Waals surface area contributed by atoms with Crippen molar-refractivity contribution in [3.63, 3.8) is 0 Å². The van der Waals surface area contributed by atoms with Crippen molar-refractivity contribution in [2.75, 3.05) is 53.0 Å². The molecule has 196 valence electrons. The molecule has 0 aliphatic carbocycles. The van der Waals surface area contributed by atoms with Gasteiger partial charge in [-0.2, -0.15) is 0 Å². The van der Waals surface area contributed by atoms with Crippen LogP contribution >= 0.6 is 0 Å². The number of hydrogen-bond donors (Lipinski definition) is 1. The summed E-state index contributed by atoms with van der Waals surface area (Å²) in [6.07, 6.45) is 0.801. The summed E-state index contributed by atoms with van der Waals surface area (Å²) in [7, 11) is 1.60. The predicted octanol–water partition coefficient (Wildman–Crippen LogP) is 2.40. The number of rotatable bonds is 8. The second-order valence-corrected chi connectivity index (χ2v) is 9.62. The van der Waals surface area contributed by atoms with E-state index >= 15 is 0 Å². The Morgan fingerprint density at radius 3 is 2.62 bits per heavy atom. The van der Waals surface area contributed by atoms with Crippen molar-refractivity contribution in [2.24, 2.45) is 0 Å². The Bertz CT molecular complexity index is 1350. The maximum absolute atomic E-state index is 12.9. The Morgan fingerprint density at radius 2 is 1.84 bits per heavy atom. The van der Waals surface area contributed by atoms with E-state index in [1.165, 1.54) is 0 Å². The third-order valence-electron chi connectivity index (χ3n) is 7.32. The number of aromatic nitrogens is 1. The lowest BCUT2D eigenvalue weighted by atomic mass is 10.1.